The number of halogens is 1. The molecule has 6 heteroatoms. The number of pyridine rings is 1. The highest BCUT2D eigenvalue weighted by atomic mass is 19.1. The number of hydrogen-bond donors (Lipinski definition) is 1. The summed E-state index contributed by atoms with van der Waals surface area (Å²) in [5, 5.41) is 3.58. The Labute approximate surface area is 162 Å². The number of hydrogen-bond acceptors (Lipinski definition) is 4. The molecular formula is C22H21FN2O3. The highest BCUT2D eigenvalue weighted by Crippen LogP contribution is 2.21. The minimum absolute atomic E-state index is 0.163. The zero-order valence-electron chi connectivity index (χ0n) is 15.6. The van der Waals surface area contributed by atoms with E-state index in [4.69, 9.17) is 9.47 Å². The first-order valence-corrected chi connectivity index (χ1v) is 9.31. The van der Waals surface area contributed by atoms with Crippen LogP contribution in [0.2, 0.25) is 0 Å². The number of aromatic nitrogens is 1. The minimum atomic E-state index is -0.349. The number of anilines is 1. The second kappa shape index (κ2) is 7.94. The lowest BCUT2D eigenvalue weighted by atomic mass is 10.1. The molecule has 28 heavy (non-hydrogen) atoms. The number of carbonyl (C=O) groups excluding carboxylic acids is 1. The van der Waals surface area contributed by atoms with Crippen LogP contribution in [-0.4, -0.2) is 30.2 Å². The number of fused-ring (bicyclic) bond motifs is 1. The predicted octanol–water partition coefficient (Wildman–Crippen LogP) is 4.49. The van der Waals surface area contributed by atoms with Crippen LogP contribution in [0.25, 0.3) is 10.9 Å². The Morgan fingerprint density at radius 3 is 2.82 bits per heavy atom. The van der Waals surface area contributed by atoms with Gasteiger partial charge in [-0.25, -0.2) is 4.39 Å². The number of amides is 1. The molecule has 1 fully saturated rings. The molecule has 144 valence electrons. The van der Waals surface area contributed by atoms with E-state index in [1.807, 2.05) is 12.1 Å². The van der Waals surface area contributed by atoms with E-state index in [-0.39, 0.29) is 17.8 Å². The van der Waals surface area contributed by atoms with Gasteiger partial charge in [-0.05, 0) is 62.2 Å². The van der Waals surface area contributed by atoms with E-state index in [0.29, 0.717) is 29.1 Å². The topological polar surface area (TPSA) is 60.5 Å². The number of benzene rings is 2. The Morgan fingerprint density at radius 1 is 1.25 bits per heavy atom. The molecule has 1 aliphatic heterocycles. The summed E-state index contributed by atoms with van der Waals surface area (Å²) in [7, 11) is 0. The van der Waals surface area contributed by atoms with Crippen molar-refractivity contribution in [1.29, 1.82) is 0 Å². The summed E-state index contributed by atoms with van der Waals surface area (Å²) >= 11 is 0. The maximum Gasteiger partial charge on any atom is 0.257 e. The summed E-state index contributed by atoms with van der Waals surface area (Å²) in [5.74, 6) is 0.127. The summed E-state index contributed by atoms with van der Waals surface area (Å²) in [5.41, 5.74) is 2.19. The van der Waals surface area contributed by atoms with Gasteiger partial charge < -0.3 is 14.8 Å². The molecule has 4 rings (SSSR count). The van der Waals surface area contributed by atoms with Crippen LogP contribution in [0.5, 0.6) is 5.75 Å². The molecule has 5 nitrogen and oxygen atoms in total. The van der Waals surface area contributed by atoms with Gasteiger partial charge in [-0.3, -0.25) is 9.78 Å². The molecule has 1 saturated heterocycles. The van der Waals surface area contributed by atoms with Crippen LogP contribution in [0, 0.1) is 12.7 Å². The molecular weight excluding hydrogens is 359 g/mol. The van der Waals surface area contributed by atoms with Crippen molar-refractivity contribution in [2.45, 2.75) is 25.9 Å². The van der Waals surface area contributed by atoms with Crippen molar-refractivity contribution in [2.24, 2.45) is 0 Å². The monoisotopic (exact) mass is 380 g/mol. The van der Waals surface area contributed by atoms with Crippen molar-refractivity contribution >= 4 is 22.5 Å². The first-order chi connectivity index (χ1) is 13.6. The maximum atomic E-state index is 13.4. The highest BCUT2D eigenvalue weighted by molar-refractivity contribution is 6.06. The van der Waals surface area contributed by atoms with Crippen LogP contribution >= 0.6 is 0 Å². The molecule has 1 aliphatic rings. The zero-order chi connectivity index (χ0) is 19.5. The van der Waals surface area contributed by atoms with Crippen molar-refractivity contribution < 1.29 is 18.7 Å². The summed E-state index contributed by atoms with van der Waals surface area (Å²) in [6.45, 7) is 3.08. The summed E-state index contributed by atoms with van der Waals surface area (Å²) < 4.78 is 24.6. The van der Waals surface area contributed by atoms with E-state index >= 15 is 0 Å². The summed E-state index contributed by atoms with van der Waals surface area (Å²) in [4.78, 5) is 17.0. The van der Waals surface area contributed by atoms with Crippen molar-refractivity contribution in [3.8, 4) is 5.75 Å². The third-order valence-corrected chi connectivity index (χ3v) is 4.79. The number of aryl methyl sites for hydroxylation is 1. The number of rotatable bonds is 5. The van der Waals surface area contributed by atoms with Gasteiger partial charge in [0.2, 0.25) is 0 Å². The lowest BCUT2D eigenvalue weighted by Gasteiger charge is -2.12. The Kier molecular flexibility index (Phi) is 5.21. The summed E-state index contributed by atoms with van der Waals surface area (Å²) in [6, 6.07) is 13.3. The van der Waals surface area contributed by atoms with Gasteiger partial charge in [0.25, 0.3) is 5.91 Å². The van der Waals surface area contributed by atoms with Gasteiger partial charge in [0.1, 0.15) is 18.2 Å². The average molecular weight is 380 g/mol. The standard InChI is InChI=1S/C22H21FN2O3/c1-14-20(11-15-4-5-16(23)12-21(15)24-14)22(26)25-17-6-8-18(9-7-17)28-13-19-3-2-10-27-19/h4-9,11-12,19H,2-3,10,13H2,1H3,(H,25,26). The Bertz CT molecular complexity index is 999. The van der Waals surface area contributed by atoms with Crippen LogP contribution in [-0.2, 0) is 4.74 Å². The second-order valence-electron chi connectivity index (χ2n) is 6.88. The van der Waals surface area contributed by atoms with Crippen molar-refractivity contribution in [3.05, 3.63) is 65.6 Å². The second-order valence-corrected chi connectivity index (χ2v) is 6.88. The van der Waals surface area contributed by atoms with E-state index in [9.17, 15) is 9.18 Å². The van der Waals surface area contributed by atoms with Crippen molar-refractivity contribution in [1.82, 2.24) is 4.98 Å². The van der Waals surface area contributed by atoms with Gasteiger partial charge in [-0.1, -0.05) is 0 Å². The molecule has 2 heterocycles. The molecule has 1 unspecified atom stereocenters. The van der Waals surface area contributed by atoms with Gasteiger partial charge in [0, 0.05) is 23.7 Å². The van der Waals surface area contributed by atoms with Crippen LogP contribution in [0.15, 0.2) is 48.5 Å². The average Bonchev–Trinajstić information content (AvgIpc) is 3.20. The fraction of sp³-hybridized carbons (Fsp3) is 0.273. The van der Waals surface area contributed by atoms with E-state index < -0.39 is 0 Å². The predicted molar refractivity (Wildman–Crippen MR) is 105 cm³/mol. The fourth-order valence-corrected chi connectivity index (χ4v) is 3.26. The van der Waals surface area contributed by atoms with Gasteiger partial charge in [0.05, 0.1) is 22.9 Å². The van der Waals surface area contributed by atoms with Crippen molar-refractivity contribution in [3.63, 3.8) is 0 Å². The van der Waals surface area contributed by atoms with E-state index in [1.54, 1.807) is 31.2 Å². The van der Waals surface area contributed by atoms with Gasteiger partial charge in [-0.15, -0.1) is 0 Å². The molecule has 1 N–H and O–H groups in total. The van der Waals surface area contributed by atoms with Crippen LogP contribution in [0.3, 0.4) is 0 Å². The third-order valence-electron chi connectivity index (χ3n) is 4.79. The summed E-state index contributed by atoms with van der Waals surface area (Å²) in [6.07, 6.45) is 2.27. The molecule has 1 atom stereocenters. The number of carbonyl (C=O) groups is 1. The molecule has 0 saturated carbocycles. The largest absolute Gasteiger partial charge is 0.491 e. The third kappa shape index (κ3) is 4.12. The van der Waals surface area contributed by atoms with Crippen LogP contribution in [0.1, 0.15) is 28.9 Å². The molecule has 3 aromatic rings. The van der Waals surface area contributed by atoms with Gasteiger partial charge in [0.15, 0.2) is 0 Å². The zero-order valence-corrected chi connectivity index (χ0v) is 15.6. The van der Waals surface area contributed by atoms with E-state index in [1.165, 1.54) is 12.1 Å². The first kappa shape index (κ1) is 18.4. The molecule has 0 spiro atoms. The molecule has 1 amide bonds. The lowest BCUT2D eigenvalue weighted by molar-refractivity contribution is 0.0679. The number of nitrogens with zero attached hydrogens (tertiary/aromatic N) is 1. The van der Waals surface area contributed by atoms with E-state index in [2.05, 4.69) is 10.3 Å². The Morgan fingerprint density at radius 2 is 2.07 bits per heavy atom. The normalized spacial score (nSPS) is 16.3. The smallest absolute Gasteiger partial charge is 0.257 e. The lowest BCUT2D eigenvalue weighted by Crippen LogP contribution is -2.16. The van der Waals surface area contributed by atoms with E-state index in [0.717, 1.165) is 30.6 Å². The van der Waals surface area contributed by atoms with Gasteiger partial charge >= 0.3 is 0 Å². The van der Waals surface area contributed by atoms with Crippen molar-refractivity contribution in [2.75, 3.05) is 18.5 Å². The maximum absolute atomic E-state index is 13.4. The molecule has 0 radical (unpaired) electrons. The molecule has 2 aromatic carbocycles. The molecule has 0 bridgehead atoms. The quantitative estimate of drug-likeness (QED) is 0.708. The number of ether oxygens (including phenoxy) is 2. The fourth-order valence-electron chi connectivity index (χ4n) is 3.26. The SMILES string of the molecule is Cc1nc2cc(F)ccc2cc1C(=O)Nc1ccc(OCC2CCCO2)cc1. The molecule has 1 aromatic heterocycles. The molecule has 0 aliphatic carbocycles. The Balaban J connectivity index is 1.43. The number of nitrogens with one attached hydrogen (secondary N) is 1. The van der Waals surface area contributed by atoms with Gasteiger partial charge in [-0.2, -0.15) is 0 Å². The van der Waals surface area contributed by atoms with Crippen LogP contribution < -0.4 is 10.1 Å². The van der Waals surface area contributed by atoms with Crippen LogP contribution in [0.4, 0.5) is 10.1 Å². The highest BCUT2D eigenvalue weighted by Gasteiger charge is 2.16. The Hall–Kier alpha value is -2.99. The minimum Gasteiger partial charge on any atom is -0.491 e. The first-order valence-electron chi connectivity index (χ1n) is 9.31.